The van der Waals surface area contributed by atoms with Gasteiger partial charge in [0.1, 0.15) is 0 Å². The largest absolute Gasteiger partial charge is 0.381 e. The van der Waals surface area contributed by atoms with Crippen LogP contribution in [0.1, 0.15) is 51.6 Å². The van der Waals surface area contributed by atoms with E-state index < -0.39 is 0 Å². The van der Waals surface area contributed by atoms with Crippen molar-refractivity contribution in [3.05, 3.63) is 35.9 Å². The number of hydrogen-bond donors (Lipinski definition) is 3. The molecule has 2 aliphatic rings. The van der Waals surface area contributed by atoms with E-state index in [9.17, 15) is 0 Å². The average molecular weight is 544 g/mol. The Balaban J connectivity index is 0.00000341. The Kier molecular flexibility index (Phi) is 11.0. The molecule has 2 unspecified atom stereocenters. The molecular formula is C24H42IN5O. The Hall–Kier alpha value is -0.900. The molecule has 1 aromatic carbocycles. The fourth-order valence-electron chi connectivity index (χ4n) is 4.51. The van der Waals surface area contributed by atoms with Crippen molar-refractivity contribution in [2.75, 3.05) is 46.4 Å². The van der Waals surface area contributed by atoms with Gasteiger partial charge in [-0.1, -0.05) is 30.3 Å². The Bertz CT molecular complexity index is 655. The van der Waals surface area contributed by atoms with Crippen molar-refractivity contribution >= 4 is 29.9 Å². The van der Waals surface area contributed by atoms with E-state index in [-0.39, 0.29) is 29.5 Å². The first-order chi connectivity index (χ1) is 14.4. The Morgan fingerprint density at radius 1 is 1.19 bits per heavy atom. The zero-order valence-corrected chi connectivity index (χ0v) is 22.0. The maximum atomic E-state index is 5.52. The number of nitrogens with one attached hydrogen (secondary N) is 3. The standard InChI is InChI=1S/C24H41N5O.HI/c1-19(21-8-6-5-7-9-21)28-24(2,3)18-26-23(25-4)27-22-10-13-29(14-11-22)16-20-12-15-30-17-20;/h5-9,19-20,22,28H,10-18H2,1-4H3,(H2,25,26,27);1H. The van der Waals surface area contributed by atoms with Crippen LogP contribution < -0.4 is 16.0 Å². The van der Waals surface area contributed by atoms with Crippen LogP contribution in [0.5, 0.6) is 0 Å². The normalized spacial score (nSPS) is 22.1. The summed E-state index contributed by atoms with van der Waals surface area (Å²) < 4.78 is 5.52. The monoisotopic (exact) mass is 543 g/mol. The lowest BCUT2D eigenvalue weighted by Gasteiger charge is -2.35. The highest BCUT2D eigenvalue weighted by molar-refractivity contribution is 14.0. The number of ether oxygens (including phenoxy) is 1. The molecule has 0 radical (unpaired) electrons. The van der Waals surface area contributed by atoms with E-state index in [1.54, 1.807) is 0 Å². The molecule has 7 heteroatoms. The van der Waals surface area contributed by atoms with Crippen LogP contribution in [0, 0.1) is 5.92 Å². The maximum absolute atomic E-state index is 5.52. The number of guanidine groups is 1. The molecule has 0 saturated carbocycles. The number of piperidine rings is 1. The molecule has 0 amide bonds. The molecule has 2 aliphatic heterocycles. The van der Waals surface area contributed by atoms with Crippen LogP contribution in [0.15, 0.2) is 35.3 Å². The molecule has 0 aromatic heterocycles. The molecule has 6 nitrogen and oxygen atoms in total. The first-order valence-electron chi connectivity index (χ1n) is 11.5. The summed E-state index contributed by atoms with van der Waals surface area (Å²) in [5.41, 5.74) is 1.25. The van der Waals surface area contributed by atoms with Gasteiger partial charge in [0, 0.05) is 57.5 Å². The van der Waals surface area contributed by atoms with Crippen LogP contribution in [-0.4, -0.2) is 68.9 Å². The van der Waals surface area contributed by atoms with Gasteiger partial charge >= 0.3 is 0 Å². The smallest absolute Gasteiger partial charge is 0.191 e. The molecular weight excluding hydrogens is 501 g/mol. The van der Waals surface area contributed by atoms with Crippen LogP contribution in [0.4, 0.5) is 0 Å². The van der Waals surface area contributed by atoms with Gasteiger partial charge in [0.05, 0.1) is 6.61 Å². The molecule has 176 valence electrons. The number of likely N-dealkylation sites (tertiary alicyclic amines) is 1. The number of benzene rings is 1. The zero-order chi connectivity index (χ0) is 21.4. The van der Waals surface area contributed by atoms with Crippen molar-refractivity contribution in [3.8, 4) is 0 Å². The summed E-state index contributed by atoms with van der Waals surface area (Å²) in [6.45, 7) is 12.9. The van der Waals surface area contributed by atoms with Gasteiger partial charge in [0.15, 0.2) is 5.96 Å². The van der Waals surface area contributed by atoms with Crippen LogP contribution >= 0.6 is 24.0 Å². The van der Waals surface area contributed by atoms with Gasteiger partial charge in [-0.3, -0.25) is 4.99 Å². The van der Waals surface area contributed by atoms with Gasteiger partial charge in [-0.2, -0.15) is 0 Å². The second-order valence-corrected chi connectivity index (χ2v) is 9.54. The van der Waals surface area contributed by atoms with Gasteiger partial charge in [-0.25, -0.2) is 0 Å². The lowest BCUT2D eigenvalue weighted by Crippen LogP contribution is -2.54. The lowest BCUT2D eigenvalue weighted by molar-refractivity contribution is 0.150. The van der Waals surface area contributed by atoms with E-state index >= 15 is 0 Å². The zero-order valence-electron chi connectivity index (χ0n) is 19.7. The highest BCUT2D eigenvalue weighted by atomic mass is 127. The fourth-order valence-corrected chi connectivity index (χ4v) is 4.51. The van der Waals surface area contributed by atoms with Crippen LogP contribution in [0.3, 0.4) is 0 Å². The first-order valence-corrected chi connectivity index (χ1v) is 11.5. The van der Waals surface area contributed by atoms with E-state index in [0.29, 0.717) is 12.1 Å². The average Bonchev–Trinajstić information content (AvgIpc) is 3.26. The molecule has 1 aromatic rings. The summed E-state index contributed by atoms with van der Waals surface area (Å²) in [4.78, 5) is 7.06. The number of rotatable bonds is 8. The summed E-state index contributed by atoms with van der Waals surface area (Å²) >= 11 is 0. The van der Waals surface area contributed by atoms with Crippen molar-refractivity contribution in [1.29, 1.82) is 0 Å². The van der Waals surface area contributed by atoms with E-state index in [2.05, 4.69) is 76.9 Å². The molecule has 2 atom stereocenters. The van der Waals surface area contributed by atoms with E-state index in [1.165, 1.54) is 31.4 Å². The van der Waals surface area contributed by atoms with Crippen molar-refractivity contribution in [3.63, 3.8) is 0 Å². The molecule has 0 bridgehead atoms. The quantitative estimate of drug-likeness (QED) is 0.267. The molecule has 3 rings (SSSR count). The highest BCUT2D eigenvalue weighted by Gasteiger charge is 2.25. The Labute approximate surface area is 206 Å². The molecule has 2 saturated heterocycles. The fraction of sp³-hybridized carbons (Fsp3) is 0.708. The van der Waals surface area contributed by atoms with Gasteiger partial charge in [-0.05, 0) is 51.5 Å². The highest BCUT2D eigenvalue weighted by Crippen LogP contribution is 2.18. The summed E-state index contributed by atoms with van der Waals surface area (Å²) in [6, 6.07) is 11.4. The molecule has 3 N–H and O–H groups in total. The van der Waals surface area contributed by atoms with Gasteiger partial charge < -0.3 is 25.6 Å². The van der Waals surface area contributed by atoms with E-state index in [1.807, 2.05) is 7.05 Å². The second kappa shape index (κ2) is 13.0. The summed E-state index contributed by atoms with van der Waals surface area (Å²) in [6.07, 6.45) is 3.56. The van der Waals surface area contributed by atoms with Gasteiger partial charge in [-0.15, -0.1) is 24.0 Å². The minimum atomic E-state index is -0.0560. The van der Waals surface area contributed by atoms with Crippen LogP contribution in [0.2, 0.25) is 0 Å². The Morgan fingerprint density at radius 3 is 2.52 bits per heavy atom. The van der Waals surface area contributed by atoms with Crippen LogP contribution in [-0.2, 0) is 4.74 Å². The third-order valence-electron chi connectivity index (χ3n) is 6.30. The molecule has 0 aliphatic carbocycles. The predicted octanol–water partition coefficient (Wildman–Crippen LogP) is 3.40. The molecule has 31 heavy (non-hydrogen) atoms. The summed E-state index contributed by atoms with van der Waals surface area (Å²) in [7, 11) is 1.86. The van der Waals surface area contributed by atoms with Crippen molar-refractivity contribution in [2.24, 2.45) is 10.9 Å². The predicted molar refractivity (Wildman–Crippen MR) is 140 cm³/mol. The minimum Gasteiger partial charge on any atom is -0.381 e. The molecule has 2 heterocycles. The summed E-state index contributed by atoms with van der Waals surface area (Å²) in [5, 5.41) is 10.9. The van der Waals surface area contributed by atoms with E-state index in [0.717, 1.165) is 44.7 Å². The minimum absolute atomic E-state index is 0. The molecule has 2 fully saturated rings. The number of hydrogen-bond acceptors (Lipinski definition) is 4. The van der Waals surface area contributed by atoms with Gasteiger partial charge in [0.2, 0.25) is 0 Å². The number of nitrogens with zero attached hydrogens (tertiary/aromatic N) is 2. The van der Waals surface area contributed by atoms with Gasteiger partial charge in [0.25, 0.3) is 0 Å². The van der Waals surface area contributed by atoms with Crippen molar-refractivity contribution in [1.82, 2.24) is 20.9 Å². The topological polar surface area (TPSA) is 60.9 Å². The molecule has 0 spiro atoms. The first kappa shape index (κ1) is 26.4. The number of halogens is 1. The second-order valence-electron chi connectivity index (χ2n) is 9.54. The summed E-state index contributed by atoms with van der Waals surface area (Å²) in [5.74, 6) is 1.64. The van der Waals surface area contributed by atoms with Crippen molar-refractivity contribution < 1.29 is 4.74 Å². The number of aliphatic imine (C=N–C) groups is 1. The van der Waals surface area contributed by atoms with Crippen molar-refractivity contribution in [2.45, 2.75) is 57.7 Å². The third-order valence-corrected chi connectivity index (χ3v) is 6.30. The Morgan fingerprint density at radius 2 is 1.90 bits per heavy atom. The SMILES string of the molecule is CN=C(NCC(C)(C)NC(C)c1ccccc1)NC1CCN(CC2CCOC2)CC1.I. The lowest BCUT2D eigenvalue weighted by atomic mass is 10.0. The van der Waals surface area contributed by atoms with E-state index in [4.69, 9.17) is 4.74 Å². The third kappa shape index (κ3) is 8.86. The van der Waals surface area contributed by atoms with Crippen LogP contribution in [0.25, 0.3) is 0 Å². The maximum Gasteiger partial charge on any atom is 0.191 e.